The average molecular weight is 405 g/mol. The lowest BCUT2D eigenvalue weighted by atomic mass is 10.1. The Morgan fingerprint density at radius 2 is 1.57 bits per heavy atom. The van der Waals surface area contributed by atoms with Gasteiger partial charge in [-0.3, -0.25) is 30.6 Å². The minimum absolute atomic E-state index is 0.127. The van der Waals surface area contributed by atoms with Crippen LogP contribution < -0.4 is 15.6 Å². The zero-order chi connectivity index (χ0) is 21.5. The Morgan fingerprint density at radius 3 is 2.23 bits per heavy atom. The van der Waals surface area contributed by atoms with Crippen molar-refractivity contribution in [2.45, 2.75) is 13.5 Å². The molecule has 8 nitrogen and oxygen atoms in total. The average Bonchev–Trinajstić information content (AvgIpc) is 2.76. The van der Waals surface area contributed by atoms with Crippen LogP contribution in [0.2, 0.25) is 0 Å². The summed E-state index contributed by atoms with van der Waals surface area (Å²) >= 11 is 0. The monoisotopic (exact) mass is 405 g/mol. The summed E-state index contributed by atoms with van der Waals surface area (Å²) in [5.74, 6) is -0.595. The van der Waals surface area contributed by atoms with Crippen LogP contribution in [0.25, 0.3) is 0 Å². The zero-order valence-corrected chi connectivity index (χ0v) is 16.1. The van der Waals surface area contributed by atoms with Gasteiger partial charge >= 0.3 is 0 Å². The molecular weight excluding hydrogens is 386 g/mol. The summed E-state index contributed by atoms with van der Waals surface area (Å²) in [6.45, 7) is 2.36. The first-order valence-electron chi connectivity index (χ1n) is 9.06. The summed E-state index contributed by atoms with van der Waals surface area (Å²) in [7, 11) is 0. The van der Waals surface area contributed by atoms with Gasteiger partial charge in [0.2, 0.25) is 0 Å². The van der Waals surface area contributed by atoms with Gasteiger partial charge in [0, 0.05) is 23.3 Å². The number of hydrogen-bond acceptors (Lipinski definition) is 5. The second kappa shape index (κ2) is 9.33. The second-order valence-electron chi connectivity index (χ2n) is 6.52. The van der Waals surface area contributed by atoms with Crippen LogP contribution in [-0.4, -0.2) is 16.7 Å². The van der Waals surface area contributed by atoms with Gasteiger partial charge in [-0.1, -0.05) is 35.9 Å². The van der Waals surface area contributed by atoms with Gasteiger partial charge in [-0.05, 0) is 42.8 Å². The van der Waals surface area contributed by atoms with Crippen molar-refractivity contribution < 1.29 is 19.2 Å². The van der Waals surface area contributed by atoms with E-state index in [9.17, 15) is 19.7 Å². The van der Waals surface area contributed by atoms with Crippen LogP contribution in [0.5, 0.6) is 5.75 Å². The molecule has 0 saturated heterocycles. The van der Waals surface area contributed by atoms with E-state index in [1.807, 2.05) is 31.2 Å². The third-order valence-electron chi connectivity index (χ3n) is 4.21. The number of carbonyl (C=O) groups is 2. The van der Waals surface area contributed by atoms with Crippen LogP contribution in [0.3, 0.4) is 0 Å². The maximum Gasteiger partial charge on any atom is 0.269 e. The predicted molar refractivity (Wildman–Crippen MR) is 110 cm³/mol. The fourth-order valence-electron chi connectivity index (χ4n) is 2.69. The lowest BCUT2D eigenvalue weighted by molar-refractivity contribution is -0.384. The molecule has 0 atom stereocenters. The minimum atomic E-state index is -0.593. The van der Waals surface area contributed by atoms with Gasteiger partial charge in [0.05, 0.1) is 4.92 Å². The van der Waals surface area contributed by atoms with Crippen LogP contribution in [-0.2, 0) is 6.61 Å². The largest absolute Gasteiger partial charge is 0.489 e. The molecule has 152 valence electrons. The standard InChI is InChI=1S/C22H19N3O5/c1-15-4-2-5-16(12-15)14-30-20-7-3-6-18(13-20)22(27)24-23-21(26)17-8-10-19(11-9-17)25(28)29/h2-13H,14H2,1H3,(H,23,26)(H,24,27). The SMILES string of the molecule is Cc1cccc(COc2cccc(C(=O)NNC(=O)c3ccc([N+](=O)[O-])cc3)c2)c1. The number of rotatable bonds is 6. The molecule has 0 aromatic heterocycles. The highest BCUT2D eigenvalue weighted by Gasteiger charge is 2.12. The Hall–Kier alpha value is -4.20. The van der Waals surface area contributed by atoms with E-state index in [1.165, 1.54) is 24.3 Å². The summed E-state index contributed by atoms with van der Waals surface area (Å²) < 4.78 is 5.74. The summed E-state index contributed by atoms with van der Waals surface area (Å²) in [5, 5.41) is 10.7. The molecule has 0 spiro atoms. The Kier molecular flexibility index (Phi) is 6.39. The number of hydrazine groups is 1. The molecule has 2 amide bonds. The number of amides is 2. The van der Waals surface area contributed by atoms with E-state index in [-0.39, 0.29) is 11.3 Å². The molecular formula is C22H19N3O5. The minimum Gasteiger partial charge on any atom is -0.489 e. The normalized spacial score (nSPS) is 10.2. The molecule has 0 radical (unpaired) electrons. The second-order valence-corrected chi connectivity index (χ2v) is 6.52. The van der Waals surface area contributed by atoms with Crippen molar-refractivity contribution >= 4 is 17.5 Å². The van der Waals surface area contributed by atoms with Crippen molar-refractivity contribution in [2.24, 2.45) is 0 Å². The van der Waals surface area contributed by atoms with Gasteiger partial charge in [0.25, 0.3) is 17.5 Å². The Morgan fingerprint density at radius 1 is 0.900 bits per heavy atom. The van der Waals surface area contributed by atoms with Crippen molar-refractivity contribution in [3.63, 3.8) is 0 Å². The molecule has 3 rings (SSSR count). The highest BCUT2D eigenvalue weighted by atomic mass is 16.6. The summed E-state index contributed by atoms with van der Waals surface area (Å²) in [4.78, 5) is 34.5. The van der Waals surface area contributed by atoms with Crippen molar-refractivity contribution in [3.8, 4) is 5.75 Å². The van der Waals surface area contributed by atoms with E-state index in [2.05, 4.69) is 10.9 Å². The number of ether oxygens (including phenoxy) is 1. The van der Waals surface area contributed by atoms with Crippen LogP contribution in [0.1, 0.15) is 31.8 Å². The van der Waals surface area contributed by atoms with Crippen LogP contribution in [0, 0.1) is 17.0 Å². The molecule has 0 heterocycles. The molecule has 0 fully saturated rings. The highest BCUT2D eigenvalue weighted by Crippen LogP contribution is 2.16. The van der Waals surface area contributed by atoms with Gasteiger partial charge in [-0.2, -0.15) is 0 Å². The fraction of sp³-hybridized carbons (Fsp3) is 0.0909. The lowest BCUT2D eigenvalue weighted by Crippen LogP contribution is -2.41. The number of aryl methyl sites for hydroxylation is 1. The first kappa shape index (κ1) is 20.5. The topological polar surface area (TPSA) is 111 Å². The molecule has 3 aromatic carbocycles. The molecule has 0 bridgehead atoms. The van der Waals surface area contributed by atoms with Crippen LogP contribution in [0.4, 0.5) is 5.69 Å². The number of hydrogen-bond donors (Lipinski definition) is 2. The third kappa shape index (κ3) is 5.41. The van der Waals surface area contributed by atoms with Gasteiger partial charge < -0.3 is 4.74 Å². The molecule has 30 heavy (non-hydrogen) atoms. The number of benzene rings is 3. The summed E-state index contributed by atoms with van der Waals surface area (Å²) in [6.07, 6.45) is 0. The number of non-ortho nitro benzene ring substituents is 1. The Labute approximate surface area is 172 Å². The van der Waals surface area contributed by atoms with E-state index in [0.717, 1.165) is 11.1 Å². The molecule has 0 aliphatic heterocycles. The molecule has 0 aliphatic rings. The molecule has 0 unspecified atom stereocenters. The van der Waals surface area contributed by atoms with Crippen LogP contribution >= 0.6 is 0 Å². The summed E-state index contributed by atoms with van der Waals surface area (Å²) in [5.41, 5.74) is 7.10. The lowest BCUT2D eigenvalue weighted by Gasteiger charge is -2.10. The molecule has 3 aromatic rings. The number of nitro benzene ring substituents is 1. The van der Waals surface area contributed by atoms with E-state index in [1.54, 1.807) is 24.3 Å². The van der Waals surface area contributed by atoms with Gasteiger partial charge in [0.1, 0.15) is 12.4 Å². The van der Waals surface area contributed by atoms with Gasteiger partial charge in [-0.15, -0.1) is 0 Å². The van der Waals surface area contributed by atoms with E-state index in [0.29, 0.717) is 17.9 Å². The first-order valence-corrected chi connectivity index (χ1v) is 9.06. The van der Waals surface area contributed by atoms with Crippen molar-refractivity contribution in [2.75, 3.05) is 0 Å². The number of nitrogens with one attached hydrogen (secondary N) is 2. The maximum atomic E-state index is 12.3. The van der Waals surface area contributed by atoms with E-state index < -0.39 is 16.7 Å². The van der Waals surface area contributed by atoms with Crippen molar-refractivity contribution in [1.29, 1.82) is 0 Å². The van der Waals surface area contributed by atoms with Crippen LogP contribution in [0.15, 0.2) is 72.8 Å². The van der Waals surface area contributed by atoms with Crippen molar-refractivity contribution in [1.82, 2.24) is 10.9 Å². The number of carbonyl (C=O) groups excluding carboxylic acids is 2. The molecule has 0 aliphatic carbocycles. The Balaban J connectivity index is 1.56. The fourth-order valence-corrected chi connectivity index (χ4v) is 2.69. The van der Waals surface area contributed by atoms with E-state index in [4.69, 9.17) is 4.74 Å². The molecule has 2 N–H and O–H groups in total. The Bertz CT molecular complexity index is 1080. The van der Waals surface area contributed by atoms with Gasteiger partial charge in [0.15, 0.2) is 0 Å². The summed E-state index contributed by atoms with van der Waals surface area (Å²) in [6, 6.07) is 19.5. The van der Waals surface area contributed by atoms with E-state index >= 15 is 0 Å². The maximum absolute atomic E-state index is 12.3. The zero-order valence-electron chi connectivity index (χ0n) is 16.1. The first-order chi connectivity index (χ1) is 14.4. The quantitative estimate of drug-likeness (QED) is 0.481. The highest BCUT2D eigenvalue weighted by molar-refractivity contribution is 5.99. The van der Waals surface area contributed by atoms with Gasteiger partial charge in [-0.25, -0.2) is 0 Å². The third-order valence-corrected chi connectivity index (χ3v) is 4.21. The molecule has 8 heteroatoms. The molecule has 0 saturated carbocycles. The van der Waals surface area contributed by atoms with Crippen molar-refractivity contribution in [3.05, 3.63) is 105 Å². The predicted octanol–water partition coefficient (Wildman–Crippen LogP) is 3.56. The smallest absolute Gasteiger partial charge is 0.269 e. The number of nitro groups is 1. The number of nitrogens with zero attached hydrogens (tertiary/aromatic N) is 1.